The van der Waals surface area contributed by atoms with E-state index in [9.17, 15) is 4.79 Å². The molecular weight excluding hydrogens is 228 g/mol. The largest absolute Gasteiger partial charge is 0.455 e. The molecule has 0 aromatic carbocycles. The van der Waals surface area contributed by atoms with Crippen LogP contribution < -0.4 is 11.1 Å². The van der Waals surface area contributed by atoms with Gasteiger partial charge in [0.2, 0.25) is 0 Å². The van der Waals surface area contributed by atoms with Gasteiger partial charge in [0.15, 0.2) is 5.76 Å². The highest BCUT2D eigenvalue weighted by Crippen LogP contribution is 2.11. The van der Waals surface area contributed by atoms with Crippen LogP contribution in [0.15, 0.2) is 16.5 Å². The molecule has 18 heavy (non-hydrogen) atoms. The molecule has 4 heteroatoms. The highest BCUT2D eigenvalue weighted by Gasteiger charge is 2.15. The number of nitrogens with two attached hydrogens (primary N) is 1. The van der Waals surface area contributed by atoms with Crippen LogP contribution in [0.25, 0.3) is 0 Å². The summed E-state index contributed by atoms with van der Waals surface area (Å²) < 4.78 is 5.34. The number of amides is 1. The van der Waals surface area contributed by atoms with Crippen molar-refractivity contribution >= 4 is 5.91 Å². The van der Waals surface area contributed by atoms with Gasteiger partial charge in [-0.2, -0.15) is 0 Å². The standard InChI is InChI=1S/C14H24N2O2/c1-3-5-7-11(6-4-2)16-14(17)13-9-8-12(10-15)18-13/h8-9,11H,3-7,10,15H2,1-2H3,(H,16,17). The molecule has 0 aliphatic rings. The quantitative estimate of drug-likeness (QED) is 0.747. The smallest absolute Gasteiger partial charge is 0.287 e. The van der Waals surface area contributed by atoms with Crippen molar-refractivity contribution in [1.29, 1.82) is 0 Å². The maximum atomic E-state index is 12.0. The third kappa shape index (κ3) is 4.53. The summed E-state index contributed by atoms with van der Waals surface area (Å²) in [5, 5.41) is 3.03. The van der Waals surface area contributed by atoms with Crippen LogP contribution >= 0.6 is 0 Å². The first-order chi connectivity index (χ1) is 8.71. The molecule has 0 saturated carbocycles. The van der Waals surface area contributed by atoms with Gasteiger partial charge in [-0.25, -0.2) is 0 Å². The summed E-state index contributed by atoms with van der Waals surface area (Å²) in [4.78, 5) is 12.0. The lowest BCUT2D eigenvalue weighted by Gasteiger charge is -2.16. The first kappa shape index (κ1) is 14.8. The van der Waals surface area contributed by atoms with Gasteiger partial charge in [0.1, 0.15) is 5.76 Å². The average molecular weight is 252 g/mol. The predicted molar refractivity (Wildman–Crippen MR) is 72.3 cm³/mol. The molecule has 1 atom stereocenters. The Morgan fingerprint density at radius 1 is 1.33 bits per heavy atom. The number of furan rings is 1. The number of carbonyl (C=O) groups excluding carboxylic acids is 1. The van der Waals surface area contributed by atoms with Crippen LogP contribution in [0.5, 0.6) is 0 Å². The second-order valence-corrected chi connectivity index (χ2v) is 4.57. The Balaban J connectivity index is 2.53. The van der Waals surface area contributed by atoms with Crippen molar-refractivity contribution in [3.05, 3.63) is 23.7 Å². The predicted octanol–water partition coefficient (Wildman–Crippen LogP) is 2.83. The Bertz CT molecular complexity index is 360. The lowest BCUT2D eigenvalue weighted by molar-refractivity contribution is 0.0902. The highest BCUT2D eigenvalue weighted by molar-refractivity contribution is 5.91. The van der Waals surface area contributed by atoms with E-state index in [4.69, 9.17) is 10.2 Å². The number of hydrogen-bond acceptors (Lipinski definition) is 3. The fourth-order valence-electron chi connectivity index (χ4n) is 1.95. The van der Waals surface area contributed by atoms with Crippen molar-refractivity contribution in [2.24, 2.45) is 5.73 Å². The van der Waals surface area contributed by atoms with E-state index in [2.05, 4.69) is 19.2 Å². The van der Waals surface area contributed by atoms with Gasteiger partial charge < -0.3 is 15.5 Å². The van der Waals surface area contributed by atoms with Gasteiger partial charge in [-0.05, 0) is 25.0 Å². The lowest BCUT2D eigenvalue weighted by Crippen LogP contribution is -2.34. The summed E-state index contributed by atoms with van der Waals surface area (Å²) >= 11 is 0. The third-order valence-corrected chi connectivity index (χ3v) is 2.97. The van der Waals surface area contributed by atoms with Crippen LogP contribution in [-0.2, 0) is 6.54 Å². The molecule has 1 amide bonds. The van der Waals surface area contributed by atoms with Crippen molar-refractivity contribution < 1.29 is 9.21 Å². The number of nitrogens with one attached hydrogen (secondary N) is 1. The van der Waals surface area contributed by atoms with E-state index in [-0.39, 0.29) is 11.9 Å². The van der Waals surface area contributed by atoms with E-state index in [0.29, 0.717) is 18.1 Å². The molecule has 0 aliphatic carbocycles. The van der Waals surface area contributed by atoms with Crippen molar-refractivity contribution in [3.8, 4) is 0 Å². The maximum Gasteiger partial charge on any atom is 0.287 e. The van der Waals surface area contributed by atoms with Gasteiger partial charge in [-0.1, -0.05) is 33.1 Å². The number of unbranched alkanes of at least 4 members (excludes halogenated alkanes) is 1. The molecule has 0 bridgehead atoms. The monoisotopic (exact) mass is 252 g/mol. The van der Waals surface area contributed by atoms with Gasteiger partial charge in [-0.15, -0.1) is 0 Å². The summed E-state index contributed by atoms with van der Waals surface area (Å²) in [5.74, 6) is 0.859. The molecule has 3 N–H and O–H groups in total. The van der Waals surface area contributed by atoms with Gasteiger partial charge in [0, 0.05) is 6.04 Å². The molecular formula is C14H24N2O2. The SMILES string of the molecule is CCCCC(CCC)NC(=O)c1ccc(CN)o1. The fraction of sp³-hybridized carbons (Fsp3) is 0.643. The van der Waals surface area contributed by atoms with Crippen LogP contribution in [0, 0.1) is 0 Å². The van der Waals surface area contributed by atoms with Crippen molar-refractivity contribution in [2.45, 2.75) is 58.5 Å². The first-order valence-corrected chi connectivity index (χ1v) is 6.80. The molecule has 1 aromatic rings. The minimum Gasteiger partial charge on any atom is -0.455 e. The zero-order valence-corrected chi connectivity index (χ0v) is 11.4. The molecule has 1 unspecified atom stereocenters. The molecule has 1 rings (SSSR count). The van der Waals surface area contributed by atoms with E-state index in [1.54, 1.807) is 12.1 Å². The fourth-order valence-corrected chi connectivity index (χ4v) is 1.95. The van der Waals surface area contributed by atoms with E-state index in [1.165, 1.54) is 0 Å². The molecule has 1 aromatic heterocycles. The highest BCUT2D eigenvalue weighted by atomic mass is 16.4. The third-order valence-electron chi connectivity index (χ3n) is 2.97. The Labute approximate surface area is 109 Å². The van der Waals surface area contributed by atoms with Crippen LogP contribution in [0.3, 0.4) is 0 Å². The van der Waals surface area contributed by atoms with Gasteiger partial charge >= 0.3 is 0 Å². The maximum absolute atomic E-state index is 12.0. The summed E-state index contributed by atoms with van der Waals surface area (Å²) in [7, 11) is 0. The average Bonchev–Trinajstić information content (AvgIpc) is 2.85. The molecule has 0 fully saturated rings. The van der Waals surface area contributed by atoms with Gasteiger partial charge in [0.05, 0.1) is 6.54 Å². The molecule has 0 radical (unpaired) electrons. The topological polar surface area (TPSA) is 68.3 Å². The minimum absolute atomic E-state index is 0.135. The first-order valence-electron chi connectivity index (χ1n) is 6.80. The summed E-state index contributed by atoms with van der Waals surface area (Å²) in [6.07, 6.45) is 5.39. The Hall–Kier alpha value is -1.29. The summed E-state index contributed by atoms with van der Waals surface area (Å²) in [6.45, 7) is 4.61. The van der Waals surface area contributed by atoms with Crippen molar-refractivity contribution in [3.63, 3.8) is 0 Å². The van der Waals surface area contributed by atoms with Gasteiger partial charge in [-0.3, -0.25) is 4.79 Å². The molecule has 0 aliphatic heterocycles. The molecule has 4 nitrogen and oxygen atoms in total. The number of rotatable bonds is 8. The molecule has 1 heterocycles. The Kier molecular flexibility index (Phi) is 6.50. The summed E-state index contributed by atoms with van der Waals surface area (Å²) in [5.41, 5.74) is 5.45. The molecule has 0 spiro atoms. The Morgan fingerprint density at radius 2 is 2.11 bits per heavy atom. The zero-order chi connectivity index (χ0) is 13.4. The van der Waals surface area contributed by atoms with Crippen LogP contribution in [-0.4, -0.2) is 11.9 Å². The normalized spacial score (nSPS) is 12.4. The van der Waals surface area contributed by atoms with Crippen LogP contribution in [0.4, 0.5) is 0 Å². The van der Waals surface area contributed by atoms with Crippen LogP contribution in [0.2, 0.25) is 0 Å². The number of hydrogen-bond donors (Lipinski definition) is 2. The molecule has 0 saturated heterocycles. The van der Waals surface area contributed by atoms with Crippen molar-refractivity contribution in [2.75, 3.05) is 0 Å². The minimum atomic E-state index is -0.135. The van der Waals surface area contributed by atoms with E-state index >= 15 is 0 Å². The number of carbonyl (C=O) groups is 1. The Morgan fingerprint density at radius 3 is 2.67 bits per heavy atom. The lowest BCUT2D eigenvalue weighted by atomic mass is 10.1. The summed E-state index contributed by atoms with van der Waals surface area (Å²) in [6, 6.07) is 3.67. The van der Waals surface area contributed by atoms with E-state index in [0.717, 1.165) is 32.1 Å². The van der Waals surface area contributed by atoms with Gasteiger partial charge in [0.25, 0.3) is 5.91 Å². The van der Waals surface area contributed by atoms with E-state index in [1.807, 2.05) is 0 Å². The second kappa shape index (κ2) is 7.93. The second-order valence-electron chi connectivity index (χ2n) is 4.57. The van der Waals surface area contributed by atoms with E-state index < -0.39 is 0 Å². The van der Waals surface area contributed by atoms with Crippen molar-refractivity contribution in [1.82, 2.24) is 5.32 Å². The molecule has 102 valence electrons. The van der Waals surface area contributed by atoms with Crippen LogP contribution in [0.1, 0.15) is 62.3 Å². The zero-order valence-electron chi connectivity index (χ0n) is 11.4.